The lowest BCUT2D eigenvalue weighted by molar-refractivity contribution is 0.414. The SMILES string of the molecule is COc1ccc(C(C)(C)c2ccc(O)c(C3CCCC3)c2)cc1. The Kier molecular flexibility index (Phi) is 4.34. The minimum absolute atomic E-state index is 0.104. The Balaban J connectivity index is 1.96. The summed E-state index contributed by atoms with van der Waals surface area (Å²) in [5.74, 6) is 1.84. The van der Waals surface area contributed by atoms with Crippen molar-refractivity contribution >= 4 is 0 Å². The van der Waals surface area contributed by atoms with Gasteiger partial charge < -0.3 is 9.84 Å². The van der Waals surface area contributed by atoms with Crippen molar-refractivity contribution < 1.29 is 9.84 Å². The lowest BCUT2D eigenvalue weighted by Crippen LogP contribution is -2.19. The van der Waals surface area contributed by atoms with Crippen LogP contribution in [0, 0.1) is 0 Å². The third kappa shape index (κ3) is 3.08. The van der Waals surface area contributed by atoms with Gasteiger partial charge in [0.15, 0.2) is 0 Å². The maximum absolute atomic E-state index is 10.3. The van der Waals surface area contributed by atoms with Gasteiger partial charge >= 0.3 is 0 Å². The first-order valence-electron chi connectivity index (χ1n) is 8.50. The van der Waals surface area contributed by atoms with E-state index in [4.69, 9.17) is 4.74 Å². The average Bonchev–Trinajstić information content (AvgIpc) is 3.09. The van der Waals surface area contributed by atoms with Gasteiger partial charge in [-0.1, -0.05) is 51.0 Å². The molecule has 3 rings (SSSR count). The van der Waals surface area contributed by atoms with Crippen molar-refractivity contribution in [2.75, 3.05) is 7.11 Å². The fourth-order valence-corrected chi connectivity index (χ4v) is 3.68. The van der Waals surface area contributed by atoms with Gasteiger partial charge in [0, 0.05) is 5.41 Å². The number of phenols is 1. The first-order valence-corrected chi connectivity index (χ1v) is 8.50. The molecular weight excluding hydrogens is 284 g/mol. The molecule has 2 aromatic rings. The van der Waals surface area contributed by atoms with Crippen molar-refractivity contribution in [3.8, 4) is 11.5 Å². The number of hydrogen-bond acceptors (Lipinski definition) is 2. The van der Waals surface area contributed by atoms with Crippen LogP contribution in [-0.4, -0.2) is 12.2 Å². The van der Waals surface area contributed by atoms with E-state index in [9.17, 15) is 5.11 Å². The van der Waals surface area contributed by atoms with Crippen molar-refractivity contribution in [1.82, 2.24) is 0 Å². The van der Waals surface area contributed by atoms with Gasteiger partial charge in [0.25, 0.3) is 0 Å². The van der Waals surface area contributed by atoms with Gasteiger partial charge in [0.1, 0.15) is 11.5 Å². The first kappa shape index (κ1) is 15.9. The number of aromatic hydroxyl groups is 1. The number of phenolic OH excluding ortho intramolecular Hbond substituents is 1. The highest BCUT2D eigenvalue weighted by molar-refractivity contribution is 5.46. The van der Waals surface area contributed by atoms with E-state index >= 15 is 0 Å². The van der Waals surface area contributed by atoms with E-state index in [0.29, 0.717) is 11.7 Å². The van der Waals surface area contributed by atoms with E-state index in [2.05, 4.69) is 38.1 Å². The molecule has 0 amide bonds. The van der Waals surface area contributed by atoms with Crippen molar-refractivity contribution in [2.24, 2.45) is 0 Å². The molecule has 1 saturated carbocycles. The molecule has 122 valence electrons. The summed E-state index contributed by atoms with van der Waals surface area (Å²) in [6.07, 6.45) is 4.94. The highest BCUT2D eigenvalue weighted by Crippen LogP contribution is 2.41. The smallest absolute Gasteiger partial charge is 0.119 e. The summed E-state index contributed by atoms with van der Waals surface area (Å²) in [7, 11) is 1.69. The lowest BCUT2D eigenvalue weighted by Gasteiger charge is -2.28. The number of rotatable bonds is 4. The summed E-state index contributed by atoms with van der Waals surface area (Å²) in [5, 5.41) is 10.3. The molecule has 0 spiro atoms. The summed E-state index contributed by atoms with van der Waals surface area (Å²) in [4.78, 5) is 0. The molecule has 1 aliphatic carbocycles. The molecule has 23 heavy (non-hydrogen) atoms. The molecule has 0 heterocycles. The zero-order chi connectivity index (χ0) is 16.4. The van der Waals surface area contributed by atoms with Crippen LogP contribution in [0.2, 0.25) is 0 Å². The van der Waals surface area contributed by atoms with Gasteiger partial charge in [-0.25, -0.2) is 0 Å². The predicted octanol–water partition coefficient (Wildman–Crippen LogP) is 5.38. The van der Waals surface area contributed by atoms with Crippen LogP contribution in [0.1, 0.15) is 62.1 Å². The van der Waals surface area contributed by atoms with Gasteiger partial charge in [-0.05, 0) is 53.6 Å². The number of ether oxygens (including phenoxy) is 1. The number of hydrogen-bond donors (Lipinski definition) is 1. The van der Waals surface area contributed by atoms with Gasteiger partial charge in [-0.15, -0.1) is 0 Å². The third-order valence-electron chi connectivity index (χ3n) is 5.36. The Morgan fingerprint density at radius 1 is 0.957 bits per heavy atom. The molecule has 1 aliphatic rings. The van der Waals surface area contributed by atoms with E-state index in [0.717, 1.165) is 11.3 Å². The predicted molar refractivity (Wildman–Crippen MR) is 94.4 cm³/mol. The van der Waals surface area contributed by atoms with E-state index in [1.165, 1.54) is 36.8 Å². The lowest BCUT2D eigenvalue weighted by atomic mass is 9.77. The van der Waals surface area contributed by atoms with Crippen LogP contribution in [0.15, 0.2) is 42.5 Å². The summed E-state index contributed by atoms with van der Waals surface area (Å²) in [6.45, 7) is 4.47. The second-order valence-corrected chi connectivity index (χ2v) is 7.11. The summed E-state index contributed by atoms with van der Waals surface area (Å²) >= 11 is 0. The Morgan fingerprint density at radius 2 is 1.57 bits per heavy atom. The fourth-order valence-electron chi connectivity index (χ4n) is 3.68. The Hall–Kier alpha value is -1.96. The maximum Gasteiger partial charge on any atom is 0.119 e. The van der Waals surface area contributed by atoms with E-state index in [-0.39, 0.29) is 5.41 Å². The van der Waals surface area contributed by atoms with Crippen LogP contribution in [0.5, 0.6) is 11.5 Å². The van der Waals surface area contributed by atoms with Gasteiger partial charge in [0.2, 0.25) is 0 Å². The molecule has 0 atom stereocenters. The summed E-state index contributed by atoms with van der Waals surface area (Å²) < 4.78 is 5.26. The molecule has 0 radical (unpaired) electrons. The Bertz CT molecular complexity index is 665. The van der Waals surface area contributed by atoms with Crippen molar-refractivity contribution in [3.63, 3.8) is 0 Å². The molecule has 1 fully saturated rings. The van der Waals surface area contributed by atoms with Gasteiger partial charge in [-0.2, -0.15) is 0 Å². The Labute approximate surface area is 139 Å². The summed E-state index contributed by atoms with van der Waals surface area (Å²) in [5.41, 5.74) is 3.53. The fraction of sp³-hybridized carbons (Fsp3) is 0.429. The maximum atomic E-state index is 10.3. The molecule has 0 bridgehead atoms. The average molecular weight is 310 g/mol. The highest BCUT2D eigenvalue weighted by atomic mass is 16.5. The van der Waals surface area contributed by atoms with Crippen LogP contribution < -0.4 is 4.74 Å². The second kappa shape index (κ2) is 6.27. The molecule has 0 aliphatic heterocycles. The monoisotopic (exact) mass is 310 g/mol. The first-order chi connectivity index (χ1) is 11.0. The Morgan fingerprint density at radius 3 is 2.17 bits per heavy atom. The molecule has 0 saturated heterocycles. The molecule has 0 aromatic heterocycles. The van der Waals surface area contributed by atoms with Gasteiger partial charge in [-0.3, -0.25) is 0 Å². The third-order valence-corrected chi connectivity index (χ3v) is 5.36. The second-order valence-electron chi connectivity index (χ2n) is 7.11. The molecule has 2 aromatic carbocycles. The van der Waals surface area contributed by atoms with Crippen LogP contribution in [0.4, 0.5) is 0 Å². The molecule has 2 nitrogen and oxygen atoms in total. The molecule has 2 heteroatoms. The number of methoxy groups -OCH3 is 1. The van der Waals surface area contributed by atoms with Crippen LogP contribution in [-0.2, 0) is 5.41 Å². The number of benzene rings is 2. The standard InChI is InChI=1S/C21H26O2/c1-21(2,16-8-11-18(23-3)12-9-16)17-10-13-20(22)19(14-17)15-6-4-5-7-15/h8-15,22H,4-7H2,1-3H3. The molecule has 0 unspecified atom stereocenters. The van der Waals surface area contributed by atoms with Crippen LogP contribution in [0.25, 0.3) is 0 Å². The summed E-state index contributed by atoms with van der Waals surface area (Å²) in [6, 6.07) is 14.4. The van der Waals surface area contributed by atoms with E-state index in [1.807, 2.05) is 18.2 Å². The van der Waals surface area contributed by atoms with Gasteiger partial charge in [0.05, 0.1) is 7.11 Å². The molecular formula is C21H26O2. The highest BCUT2D eigenvalue weighted by Gasteiger charge is 2.26. The van der Waals surface area contributed by atoms with E-state index < -0.39 is 0 Å². The van der Waals surface area contributed by atoms with Crippen molar-refractivity contribution in [1.29, 1.82) is 0 Å². The zero-order valence-corrected chi connectivity index (χ0v) is 14.3. The van der Waals surface area contributed by atoms with Crippen LogP contribution in [0.3, 0.4) is 0 Å². The topological polar surface area (TPSA) is 29.5 Å². The van der Waals surface area contributed by atoms with Crippen molar-refractivity contribution in [3.05, 3.63) is 59.2 Å². The molecule has 1 N–H and O–H groups in total. The van der Waals surface area contributed by atoms with E-state index in [1.54, 1.807) is 7.11 Å². The van der Waals surface area contributed by atoms with Crippen molar-refractivity contribution in [2.45, 2.75) is 50.9 Å². The largest absolute Gasteiger partial charge is 0.508 e. The minimum atomic E-state index is -0.104. The zero-order valence-electron chi connectivity index (χ0n) is 14.3. The van der Waals surface area contributed by atoms with Crippen LogP contribution >= 0.6 is 0 Å². The quantitative estimate of drug-likeness (QED) is 0.821. The normalized spacial score (nSPS) is 15.8. The minimum Gasteiger partial charge on any atom is -0.508 e.